The van der Waals surface area contributed by atoms with Crippen LogP contribution in [-0.2, 0) is 4.79 Å². The summed E-state index contributed by atoms with van der Waals surface area (Å²) in [6, 6.07) is 11.7. The molecule has 0 atom stereocenters. The van der Waals surface area contributed by atoms with Crippen LogP contribution in [0.15, 0.2) is 42.5 Å². The first-order valence-corrected chi connectivity index (χ1v) is 9.12. The number of carboxylic acids is 1. The third-order valence-corrected chi connectivity index (χ3v) is 4.84. The molecule has 2 aromatic rings. The molecule has 1 aliphatic rings. The molecule has 2 aromatic carbocycles. The minimum absolute atomic E-state index is 0.176. The molecule has 0 radical (unpaired) electrons. The Balaban J connectivity index is 1.51. The lowest BCUT2D eigenvalue weighted by molar-refractivity contribution is -0.118. The summed E-state index contributed by atoms with van der Waals surface area (Å²) in [5.74, 6) is -0.787. The average molecular weight is 369 g/mol. The van der Waals surface area contributed by atoms with Crippen LogP contribution in [0.3, 0.4) is 0 Å². The van der Waals surface area contributed by atoms with E-state index in [0.29, 0.717) is 17.4 Å². The van der Waals surface area contributed by atoms with Gasteiger partial charge >= 0.3 is 5.97 Å². The summed E-state index contributed by atoms with van der Waals surface area (Å²) in [7, 11) is 0. The van der Waals surface area contributed by atoms with Crippen LogP contribution in [0.5, 0.6) is 11.5 Å². The van der Waals surface area contributed by atoms with Crippen molar-refractivity contribution in [2.24, 2.45) is 0 Å². The van der Waals surface area contributed by atoms with Crippen LogP contribution >= 0.6 is 0 Å². The van der Waals surface area contributed by atoms with Gasteiger partial charge in [-0.3, -0.25) is 4.79 Å². The van der Waals surface area contributed by atoms with Crippen molar-refractivity contribution in [1.29, 1.82) is 0 Å². The number of rotatable bonds is 6. The molecule has 3 N–H and O–H groups in total. The summed E-state index contributed by atoms with van der Waals surface area (Å²) < 4.78 is 5.51. The van der Waals surface area contributed by atoms with Gasteiger partial charge in [-0.25, -0.2) is 4.79 Å². The molecule has 0 saturated heterocycles. The number of hydrogen-bond donors (Lipinski definition) is 3. The van der Waals surface area contributed by atoms with Crippen molar-refractivity contribution < 1.29 is 24.5 Å². The van der Waals surface area contributed by atoms with Crippen molar-refractivity contribution in [2.45, 2.75) is 38.0 Å². The number of benzene rings is 2. The van der Waals surface area contributed by atoms with Crippen molar-refractivity contribution in [3.8, 4) is 11.5 Å². The van der Waals surface area contributed by atoms with Gasteiger partial charge in [0.15, 0.2) is 6.61 Å². The van der Waals surface area contributed by atoms with E-state index in [0.717, 1.165) is 0 Å². The van der Waals surface area contributed by atoms with Crippen LogP contribution in [0.2, 0.25) is 0 Å². The van der Waals surface area contributed by atoms with Gasteiger partial charge in [0, 0.05) is 11.8 Å². The lowest BCUT2D eigenvalue weighted by atomic mass is 9.84. The Kier molecular flexibility index (Phi) is 5.96. The van der Waals surface area contributed by atoms with E-state index in [1.54, 1.807) is 0 Å². The summed E-state index contributed by atoms with van der Waals surface area (Å²) >= 11 is 0. The Morgan fingerprint density at radius 2 is 1.74 bits per heavy atom. The van der Waals surface area contributed by atoms with Gasteiger partial charge in [-0.2, -0.15) is 0 Å². The van der Waals surface area contributed by atoms with Crippen LogP contribution < -0.4 is 10.1 Å². The summed E-state index contributed by atoms with van der Waals surface area (Å²) in [4.78, 5) is 22.9. The number of phenols is 1. The molecule has 0 aromatic heterocycles. The lowest BCUT2D eigenvalue weighted by Crippen LogP contribution is -2.20. The van der Waals surface area contributed by atoms with Gasteiger partial charge < -0.3 is 20.3 Å². The number of carbonyl (C=O) groups excluding carboxylic acids is 1. The Morgan fingerprint density at radius 1 is 1.04 bits per heavy atom. The van der Waals surface area contributed by atoms with Gasteiger partial charge in [0.05, 0.1) is 0 Å². The first-order valence-electron chi connectivity index (χ1n) is 9.12. The second-order valence-electron chi connectivity index (χ2n) is 6.78. The second kappa shape index (κ2) is 8.58. The summed E-state index contributed by atoms with van der Waals surface area (Å²) in [5.41, 5.74) is 1.40. The molecule has 27 heavy (non-hydrogen) atoms. The van der Waals surface area contributed by atoms with Gasteiger partial charge in [-0.15, -0.1) is 0 Å². The van der Waals surface area contributed by atoms with Crippen molar-refractivity contribution in [3.63, 3.8) is 0 Å². The van der Waals surface area contributed by atoms with Gasteiger partial charge in [0.1, 0.15) is 17.1 Å². The number of anilines is 1. The maximum absolute atomic E-state index is 12.0. The van der Waals surface area contributed by atoms with E-state index >= 15 is 0 Å². The molecule has 0 bridgehead atoms. The fourth-order valence-corrected chi connectivity index (χ4v) is 3.41. The Hall–Kier alpha value is -3.02. The predicted octanol–water partition coefficient (Wildman–Crippen LogP) is 4.16. The standard InChI is InChI=1S/C21H23NO5/c23-19-12-16(8-11-18(19)21(25)26)22-20(24)13-27-17-9-6-15(7-10-17)14-4-2-1-3-5-14/h6-12,14,23H,1-5,13H2,(H,22,24)(H,25,26). The molecule has 1 amide bonds. The van der Waals surface area contributed by atoms with Crippen LogP contribution in [0.1, 0.15) is 53.9 Å². The molecule has 0 aliphatic heterocycles. The number of aromatic carboxylic acids is 1. The number of nitrogens with one attached hydrogen (secondary N) is 1. The van der Waals surface area contributed by atoms with E-state index in [4.69, 9.17) is 9.84 Å². The SMILES string of the molecule is O=C(COc1ccc(C2CCCCC2)cc1)Nc1ccc(C(=O)O)c(O)c1. The predicted molar refractivity (Wildman–Crippen MR) is 101 cm³/mol. The van der Waals surface area contributed by atoms with E-state index < -0.39 is 17.6 Å². The third kappa shape index (κ3) is 5.00. The van der Waals surface area contributed by atoms with Crippen LogP contribution in [0.4, 0.5) is 5.69 Å². The zero-order chi connectivity index (χ0) is 19.2. The first kappa shape index (κ1) is 18.8. The average Bonchev–Trinajstić information content (AvgIpc) is 2.67. The smallest absolute Gasteiger partial charge is 0.339 e. The Morgan fingerprint density at radius 3 is 2.37 bits per heavy atom. The highest BCUT2D eigenvalue weighted by Crippen LogP contribution is 2.33. The maximum atomic E-state index is 12.0. The monoisotopic (exact) mass is 369 g/mol. The van der Waals surface area contributed by atoms with Crippen molar-refractivity contribution >= 4 is 17.6 Å². The van der Waals surface area contributed by atoms with Crippen LogP contribution in [0.25, 0.3) is 0 Å². The molecular weight excluding hydrogens is 346 g/mol. The van der Waals surface area contributed by atoms with Crippen molar-refractivity contribution in [2.75, 3.05) is 11.9 Å². The topological polar surface area (TPSA) is 95.9 Å². The lowest BCUT2D eigenvalue weighted by Gasteiger charge is -2.22. The molecule has 0 unspecified atom stereocenters. The molecule has 1 aliphatic carbocycles. The highest BCUT2D eigenvalue weighted by Gasteiger charge is 2.15. The minimum Gasteiger partial charge on any atom is -0.507 e. The fourth-order valence-electron chi connectivity index (χ4n) is 3.41. The number of ether oxygens (including phenoxy) is 1. The fraction of sp³-hybridized carbons (Fsp3) is 0.333. The molecule has 6 heteroatoms. The molecule has 0 heterocycles. The highest BCUT2D eigenvalue weighted by atomic mass is 16.5. The normalized spacial score (nSPS) is 14.5. The number of carbonyl (C=O) groups is 2. The molecule has 6 nitrogen and oxygen atoms in total. The summed E-state index contributed by atoms with van der Waals surface area (Å²) in [6.45, 7) is -0.176. The van der Waals surface area contributed by atoms with Gasteiger partial charge in [0.25, 0.3) is 5.91 Å². The zero-order valence-electron chi connectivity index (χ0n) is 15.0. The second-order valence-corrected chi connectivity index (χ2v) is 6.78. The highest BCUT2D eigenvalue weighted by molar-refractivity contribution is 5.95. The number of carboxylic acid groups (broad SMARTS) is 1. The molecule has 0 spiro atoms. The molecular formula is C21H23NO5. The Bertz CT molecular complexity index is 810. The van der Waals surface area contributed by atoms with E-state index in [1.807, 2.05) is 12.1 Å². The van der Waals surface area contributed by atoms with Crippen molar-refractivity contribution in [1.82, 2.24) is 0 Å². The molecule has 3 rings (SSSR count). The largest absolute Gasteiger partial charge is 0.507 e. The maximum Gasteiger partial charge on any atom is 0.339 e. The van der Waals surface area contributed by atoms with E-state index in [1.165, 1.54) is 55.9 Å². The Labute approximate surface area is 157 Å². The van der Waals surface area contributed by atoms with E-state index in [2.05, 4.69) is 17.4 Å². The number of amides is 1. The molecule has 142 valence electrons. The molecule has 1 saturated carbocycles. The van der Waals surface area contributed by atoms with Gasteiger partial charge in [0.2, 0.25) is 0 Å². The number of hydrogen-bond acceptors (Lipinski definition) is 4. The zero-order valence-corrected chi connectivity index (χ0v) is 15.0. The quantitative estimate of drug-likeness (QED) is 0.711. The van der Waals surface area contributed by atoms with Gasteiger partial charge in [-0.1, -0.05) is 31.4 Å². The van der Waals surface area contributed by atoms with Crippen LogP contribution in [-0.4, -0.2) is 28.7 Å². The van der Waals surface area contributed by atoms with Crippen LogP contribution in [0, 0.1) is 0 Å². The minimum atomic E-state index is -1.23. The molecule has 1 fully saturated rings. The summed E-state index contributed by atoms with van der Waals surface area (Å²) in [5, 5.41) is 21.1. The number of aromatic hydroxyl groups is 1. The summed E-state index contributed by atoms with van der Waals surface area (Å²) in [6.07, 6.45) is 6.36. The van der Waals surface area contributed by atoms with Crippen molar-refractivity contribution in [3.05, 3.63) is 53.6 Å². The van der Waals surface area contributed by atoms with Gasteiger partial charge in [-0.05, 0) is 48.6 Å². The van der Waals surface area contributed by atoms with E-state index in [9.17, 15) is 14.7 Å². The van der Waals surface area contributed by atoms with E-state index in [-0.39, 0.29) is 12.2 Å². The third-order valence-electron chi connectivity index (χ3n) is 4.84. The first-order chi connectivity index (χ1) is 13.0.